The van der Waals surface area contributed by atoms with Crippen molar-refractivity contribution < 1.29 is 8.42 Å². The second-order valence-corrected chi connectivity index (χ2v) is 7.04. The molecule has 1 fully saturated rings. The zero-order valence-electron chi connectivity index (χ0n) is 11.0. The number of nitrogens with one attached hydrogen (secondary N) is 1. The highest BCUT2D eigenvalue weighted by molar-refractivity contribution is 7.89. The fourth-order valence-electron chi connectivity index (χ4n) is 2.53. The van der Waals surface area contributed by atoms with Crippen molar-refractivity contribution in [2.75, 3.05) is 6.54 Å². The predicted molar refractivity (Wildman–Crippen MR) is 72.9 cm³/mol. The number of sulfonamides is 1. The maximum Gasteiger partial charge on any atom is 0.240 e. The van der Waals surface area contributed by atoms with Crippen LogP contribution in [-0.2, 0) is 10.0 Å². The van der Waals surface area contributed by atoms with Crippen LogP contribution in [0.4, 0.5) is 0 Å². The molecule has 0 bridgehead atoms. The number of nitrogens with zero attached hydrogens (tertiary/aromatic N) is 1. The number of nitriles is 1. The van der Waals surface area contributed by atoms with Crippen LogP contribution in [0.1, 0.15) is 31.7 Å². The SMILES string of the molecule is CC1CCC(CNS(=O)(=O)c2ccc(C#N)cc2)C1. The second kappa shape index (κ2) is 5.72. The van der Waals surface area contributed by atoms with Gasteiger partial charge in [0.2, 0.25) is 10.0 Å². The molecule has 5 heteroatoms. The third-order valence-corrected chi connectivity index (χ3v) is 5.10. The molecule has 19 heavy (non-hydrogen) atoms. The molecule has 1 aromatic rings. The monoisotopic (exact) mass is 278 g/mol. The van der Waals surface area contributed by atoms with Crippen molar-refractivity contribution in [3.8, 4) is 6.07 Å². The van der Waals surface area contributed by atoms with Crippen molar-refractivity contribution in [3.63, 3.8) is 0 Å². The zero-order valence-corrected chi connectivity index (χ0v) is 11.8. The van der Waals surface area contributed by atoms with Crippen molar-refractivity contribution in [2.24, 2.45) is 11.8 Å². The van der Waals surface area contributed by atoms with Crippen molar-refractivity contribution in [2.45, 2.75) is 31.1 Å². The Morgan fingerprint density at radius 1 is 1.32 bits per heavy atom. The standard InChI is InChI=1S/C14H18N2O2S/c1-11-2-3-13(8-11)10-16-19(17,18)14-6-4-12(9-15)5-7-14/h4-7,11,13,16H,2-3,8,10H2,1H3. The van der Waals surface area contributed by atoms with E-state index in [9.17, 15) is 8.42 Å². The molecule has 1 aliphatic rings. The lowest BCUT2D eigenvalue weighted by Gasteiger charge is -2.11. The molecule has 4 nitrogen and oxygen atoms in total. The highest BCUT2D eigenvalue weighted by atomic mass is 32.2. The summed E-state index contributed by atoms with van der Waals surface area (Å²) in [5.74, 6) is 1.15. The Kier molecular flexibility index (Phi) is 4.23. The van der Waals surface area contributed by atoms with Gasteiger partial charge in [0.15, 0.2) is 0 Å². The first-order valence-corrected chi connectivity index (χ1v) is 7.99. The molecule has 0 aromatic heterocycles. The molecule has 0 spiro atoms. The minimum Gasteiger partial charge on any atom is -0.211 e. The smallest absolute Gasteiger partial charge is 0.211 e. The van der Waals surface area contributed by atoms with Crippen molar-refractivity contribution in [1.29, 1.82) is 5.26 Å². The van der Waals surface area contributed by atoms with E-state index in [0.717, 1.165) is 12.8 Å². The molecule has 0 heterocycles. The van der Waals surface area contributed by atoms with Gasteiger partial charge in [-0.05, 0) is 48.9 Å². The summed E-state index contributed by atoms with van der Waals surface area (Å²) in [5.41, 5.74) is 0.462. The Morgan fingerprint density at radius 3 is 2.53 bits per heavy atom. The summed E-state index contributed by atoms with van der Waals surface area (Å²) >= 11 is 0. The summed E-state index contributed by atoms with van der Waals surface area (Å²) in [6, 6.07) is 7.95. The van der Waals surface area contributed by atoms with E-state index in [1.807, 2.05) is 6.07 Å². The second-order valence-electron chi connectivity index (χ2n) is 5.27. The van der Waals surface area contributed by atoms with Gasteiger partial charge >= 0.3 is 0 Å². The fourth-order valence-corrected chi connectivity index (χ4v) is 3.65. The van der Waals surface area contributed by atoms with Crippen LogP contribution in [0.2, 0.25) is 0 Å². The van der Waals surface area contributed by atoms with Gasteiger partial charge in [0.05, 0.1) is 16.5 Å². The molecule has 0 amide bonds. The summed E-state index contributed by atoms with van der Waals surface area (Å²) in [7, 11) is -3.45. The van der Waals surface area contributed by atoms with Gasteiger partial charge in [-0.3, -0.25) is 0 Å². The number of hydrogen-bond acceptors (Lipinski definition) is 3. The lowest BCUT2D eigenvalue weighted by Crippen LogP contribution is -2.28. The lowest BCUT2D eigenvalue weighted by atomic mass is 10.1. The minimum atomic E-state index is -3.45. The van der Waals surface area contributed by atoms with E-state index in [4.69, 9.17) is 5.26 Å². The average Bonchev–Trinajstić information content (AvgIpc) is 2.82. The fraction of sp³-hybridized carbons (Fsp3) is 0.500. The summed E-state index contributed by atoms with van der Waals surface area (Å²) in [4.78, 5) is 0.220. The molecule has 0 aliphatic heterocycles. The number of rotatable bonds is 4. The van der Waals surface area contributed by atoms with E-state index in [0.29, 0.717) is 23.9 Å². The first-order chi connectivity index (χ1) is 9.01. The van der Waals surface area contributed by atoms with Gasteiger partial charge in [0.25, 0.3) is 0 Å². The maximum absolute atomic E-state index is 12.1. The van der Waals surface area contributed by atoms with Crippen LogP contribution in [0.5, 0.6) is 0 Å². The quantitative estimate of drug-likeness (QED) is 0.918. The summed E-state index contributed by atoms with van der Waals surface area (Å²) in [5, 5.41) is 8.69. The Morgan fingerprint density at radius 2 is 2.00 bits per heavy atom. The van der Waals surface area contributed by atoms with Gasteiger partial charge in [0.1, 0.15) is 0 Å². The molecule has 2 unspecified atom stereocenters. The molecular formula is C14H18N2O2S. The summed E-state index contributed by atoms with van der Waals surface area (Å²) < 4.78 is 26.8. The van der Waals surface area contributed by atoms with Crippen molar-refractivity contribution >= 4 is 10.0 Å². The van der Waals surface area contributed by atoms with E-state index >= 15 is 0 Å². The highest BCUT2D eigenvalue weighted by Crippen LogP contribution is 2.29. The first-order valence-electron chi connectivity index (χ1n) is 6.51. The molecule has 1 aromatic carbocycles. The van der Waals surface area contributed by atoms with Gasteiger partial charge in [-0.1, -0.05) is 13.3 Å². The van der Waals surface area contributed by atoms with E-state index < -0.39 is 10.0 Å². The highest BCUT2D eigenvalue weighted by Gasteiger charge is 2.23. The van der Waals surface area contributed by atoms with Gasteiger partial charge < -0.3 is 0 Å². The largest absolute Gasteiger partial charge is 0.240 e. The summed E-state index contributed by atoms with van der Waals surface area (Å²) in [6.45, 7) is 2.71. The van der Waals surface area contributed by atoms with Crippen LogP contribution in [0.25, 0.3) is 0 Å². The molecule has 1 N–H and O–H groups in total. The Bertz CT molecular complexity index is 572. The zero-order chi connectivity index (χ0) is 13.9. The molecule has 0 radical (unpaired) electrons. The van der Waals surface area contributed by atoms with Crippen LogP contribution in [0.3, 0.4) is 0 Å². The van der Waals surface area contributed by atoms with Gasteiger partial charge in [-0.25, -0.2) is 13.1 Å². The molecule has 1 aliphatic carbocycles. The van der Waals surface area contributed by atoms with Crippen molar-refractivity contribution in [1.82, 2.24) is 4.72 Å². The Balaban J connectivity index is 1.99. The third-order valence-electron chi connectivity index (χ3n) is 3.66. The van der Waals surface area contributed by atoms with E-state index in [2.05, 4.69) is 11.6 Å². The van der Waals surface area contributed by atoms with Crippen molar-refractivity contribution in [3.05, 3.63) is 29.8 Å². The van der Waals surface area contributed by atoms with Crippen LogP contribution in [0, 0.1) is 23.2 Å². The van der Waals surface area contributed by atoms with Gasteiger partial charge in [0, 0.05) is 6.54 Å². The van der Waals surface area contributed by atoms with Gasteiger partial charge in [-0.15, -0.1) is 0 Å². The van der Waals surface area contributed by atoms with E-state index in [-0.39, 0.29) is 4.90 Å². The summed E-state index contributed by atoms with van der Waals surface area (Å²) in [6.07, 6.45) is 3.37. The van der Waals surface area contributed by atoms with Crippen LogP contribution < -0.4 is 4.72 Å². The van der Waals surface area contributed by atoms with E-state index in [1.165, 1.54) is 30.7 Å². The normalized spacial score (nSPS) is 23.2. The molecular weight excluding hydrogens is 260 g/mol. The average molecular weight is 278 g/mol. The Hall–Kier alpha value is -1.38. The number of benzene rings is 1. The topological polar surface area (TPSA) is 70.0 Å². The minimum absolute atomic E-state index is 0.220. The van der Waals surface area contributed by atoms with Crippen LogP contribution in [0.15, 0.2) is 29.2 Å². The molecule has 1 saturated carbocycles. The molecule has 0 saturated heterocycles. The Labute approximate surface area is 114 Å². The van der Waals surface area contributed by atoms with Crippen LogP contribution >= 0.6 is 0 Å². The third kappa shape index (κ3) is 3.55. The molecule has 2 rings (SSSR count). The molecule has 102 valence electrons. The molecule has 2 atom stereocenters. The predicted octanol–water partition coefficient (Wildman–Crippen LogP) is 2.27. The van der Waals surface area contributed by atoms with E-state index in [1.54, 1.807) is 0 Å². The first kappa shape index (κ1) is 14.0. The van der Waals surface area contributed by atoms with Gasteiger partial charge in [-0.2, -0.15) is 5.26 Å². The maximum atomic E-state index is 12.1. The van der Waals surface area contributed by atoms with Crippen LogP contribution in [-0.4, -0.2) is 15.0 Å². The number of hydrogen-bond donors (Lipinski definition) is 1. The lowest BCUT2D eigenvalue weighted by molar-refractivity contribution is 0.498.